The van der Waals surface area contributed by atoms with Gasteiger partial charge >= 0.3 is 6.18 Å². The van der Waals surface area contributed by atoms with Gasteiger partial charge in [-0.2, -0.15) is 13.2 Å². The number of likely N-dealkylation sites (tertiary alicyclic amines) is 1. The molecule has 2 aromatic rings. The van der Waals surface area contributed by atoms with Crippen molar-refractivity contribution in [1.82, 2.24) is 9.80 Å². The van der Waals surface area contributed by atoms with Gasteiger partial charge in [-0.25, -0.2) is 0 Å². The number of fused-ring (bicyclic) bond motifs is 2. The van der Waals surface area contributed by atoms with E-state index >= 15 is 0 Å². The Balaban J connectivity index is 1.59. The summed E-state index contributed by atoms with van der Waals surface area (Å²) in [6, 6.07) is 12.9. The molecule has 1 amide bonds. The minimum atomic E-state index is -4.50. The summed E-state index contributed by atoms with van der Waals surface area (Å²) in [7, 11) is 1.63. The first-order valence-electron chi connectivity index (χ1n) is 8.74. The first-order valence-corrected chi connectivity index (χ1v) is 8.74. The van der Waals surface area contributed by atoms with Crippen LogP contribution < -0.4 is 4.74 Å². The molecule has 0 aromatic heterocycles. The molecule has 4 nitrogen and oxygen atoms in total. The van der Waals surface area contributed by atoms with Crippen molar-refractivity contribution in [3.05, 3.63) is 65.2 Å². The molecule has 0 spiro atoms. The normalized spacial score (nSPS) is 22.8. The number of carbonyl (C=O) groups is 1. The van der Waals surface area contributed by atoms with Crippen LogP contribution in [-0.4, -0.2) is 48.0 Å². The fraction of sp³-hybridized carbons (Fsp3) is 0.350. The first kappa shape index (κ1) is 17.9. The smallest absolute Gasteiger partial charge is 0.416 e. The zero-order valence-corrected chi connectivity index (χ0v) is 14.7. The number of nitrogens with zero attached hydrogens (tertiary/aromatic N) is 2. The van der Waals surface area contributed by atoms with E-state index in [-0.39, 0.29) is 23.5 Å². The van der Waals surface area contributed by atoms with Crippen molar-refractivity contribution in [3.8, 4) is 5.75 Å². The van der Waals surface area contributed by atoms with Gasteiger partial charge in [0.1, 0.15) is 11.9 Å². The molecule has 0 unspecified atom stereocenters. The fourth-order valence-electron chi connectivity index (χ4n) is 3.77. The molecule has 2 atom stereocenters. The van der Waals surface area contributed by atoms with E-state index in [1.54, 1.807) is 7.05 Å². The van der Waals surface area contributed by atoms with Gasteiger partial charge in [-0.1, -0.05) is 30.3 Å². The Morgan fingerprint density at radius 2 is 1.85 bits per heavy atom. The van der Waals surface area contributed by atoms with E-state index in [2.05, 4.69) is 4.90 Å². The monoisotopic (exact) mass is 376 g/mol. The molecule has 142 valence electrons. The van der Waals surface area contributed by atoms with Gasteiger partial charge in [-0.3, -0.25) is 9.69 Å². The molecule has 2 heterocycles. The van der Waals surface area contributed by atoms with Crippen LogP contribution in [0, 0.1) is 0 Å². The molecule has 0 bridgehead atoms. The third-order valence-electron chi connectivity index (χ3n) is 5.20. The molecular weight excluding hydrogens is 357 g/mol. The van der Waals surface area contributed by atoms with Crippen molar-refractivity contribution in [2.24, 2.45) is 0 Å². The Morgan fingerprint density at radius 3 is 2.56 bits per heavy atom. The number of hydrogen-bond donors (Lipinski definition) is 0. The van der Waals surface area contributed by atoms with Crippen molar-refractivity contribution < 1.29 is 22.7 Å². The third-order valence-corrected chi connectivity index (χ3v) is 5.20. The molecule has 2 aliphatic rings. The van der Waals surface area contributed by atoms with Gasteiger partial charge in [0.15, 0.2) is 0 Å². The Hall–Kier alpha value is -2.54. The average molecular weight is 376 g/mol. The topological polar surface area (TPSA) is 32.8 Å². The van der Waals surface area contributed by atoms with Crippen molar-refractivity contribution >= 4 is 5.91 Å². The second kappa shape index (κ2) is 6.56. The largest absolute Gasteiger partial charge is 0.486 e. The lowest BCUT2D eigenvalue weighted by Crippen LogP contribution is -2.44. The fourth-order valence-corrected chi connectivity index (χ4v) is 3.77. The molecule has 0 aliphatic carbocycles. The maximum atomic E-state index is 13.0. The maximum Gasteiger partial charge on any atom is 0.416 e. The summed E-state index contributed by atoms with van der Waals surface area (Å²) in [5, 5.41) is 0. The van der Waals surface area contributed by atoms with Gasteiger partial charge in [-0.15, -0.1) is 0 Å². The number of carbonyl (C=O) groups excluding carboxylic acids is 1. The van der Waals surface area contributed by atoms with Crippen LogP contribution in [0.3, 0.4) is 0 Å². The van der Waals surface area contributed by atoms with Crippen LogP contribution in [0.5, 0.6) is 5.75 Å². The highest BCUT2D eigenvalue weighted by Gasteiger charge is 2.43. The highest BCUT2D eigenvalue weighted by molar-refractivity contribution is 5.97. The van der Waals surface area contributed by atoms with Crippen LogP contribution in [-0.2, 0) is 12.7 Å². The molecule has 7 heteroatoms. The summed E-state index contributed by atoms with van der Waals surface area (Å²) >= 11 is 0. The van der Waals surface area contributed by atoms with E-state index < -0.39 is 17.6 Å². The second-order valence-corrected chi connectivity index (χ2v) is 7.03. The van der Waals surface area contributed by atoms with E-state index in [0.717, 1.165) is 24.2 Å². The number of amides is 1. The van der Waals surface area contributed by atoms with Crippen molar-refractivity contribution in [2.75, 3.05) is 20.1 Å². The lowest BCUT2D eigenvalue weighted by molar-refractivity contribution is -0.137. The minimum absolute atomic E-state index is 0.0312. The van der Waals surface area contributed by atoms with Crippen molar-refractivity contribution in [3.63, 3.8) is 0 Å². The number of halogens is 3. The van der Waals surface area contributed by atoms with Crippen LogP contribution in [0.1, 0.15) is 21.5 Å². The molecular formula is C20H19F3N2O2. The Kier molecular flexibility index (Phi) is 4.34. The third kappa shape index (κ3) is 3.39. The summed E-state index contributed by atoms with van der Waals surface area (Å²) in [4.78, 5) is 16.5. The highest BCUT2D eigenvalue weighted by Crippen LogP contribution is 2.36. The Labute approximate surface area is 155 Å². The molecule has 1 fully saturated rings. The summed E-state index contributed by atoms with van der Waals surface area (Å²) < 4.78 is 45.0. The molecule has 2 aliphatic heterocycles. The van der Waals surface area contributed by atoms with Crippen LogP contribution in [0.4, 0.5) is 13.2 Å². The zero-order valence-electron chi connectivity index (χ0n) is 14.7. The predicted octanol–water partition coefficient (Wildman–Crippen LogP) is 3.42. The van der Waals surface area contributed by atoms with Crippen LogP contribution in [0.15, 0.2) is 48.5 Å². The van der Waals surface area contributed by atoms with Gasteiger partial charge in [0.25, 0.3) is 5.91 Å². The number of hydrogen-bond acceptors (Lipinski definition) is 3. The van der Waals surface area contributed by atoms with E-state index in [1.165, 1.54) is 11.0 Å². The predicted molar refractivity (Wildman–Crippen MR) is 93.5 cm³/mol. The van der Waals surface area contributed by atoms with Crippen molar-refractivity contribution in [1.29, 1.82) is 0 Å². The first-order chi connectivity index (χ1) is 12.8. The summed E-state index contributed by atoms with van der Waals surface area (Å²) in [6.45, 7) is 1.96. The maximum absolute atomic E-state index is 13.0. The zero-order chi connectivity index (χ0) is 19.2. The summed E-state index contributed by atoms with van der Waals surface area (Å²) in [6.07, 6.45) is -4.77. The van der Waals surface area contributed by atoms with E-state index in [0.29, 0.717) is 13.1 Å². The number of alkyl halides is 3. The highest BCUT2D eigenvalue weighted by atomic mass is 19.4. The minimum Gasteiger partial charge on any atom is -0.486 e. The number of benzene rings is 2. The van der Waals surface area contributed by atoms with Crippen LogP contribution >= 0.6 is 0 Å². The van der Waals surface area contributed by atoms with Crippen LogP contribution in [0.25, 0.3) is 0 Å². The van der Waals surface area contributed by atoms with Gasteiger partial charge in [0, 0.05) is 26.7 Å². The molecule has 0 saturated carbocycles. The molecule has 27 heavy (non-hydrogen) atoms. The van der Waals surface area contributed by atoms with Crippen LogP contribution in [0.2, 0.25) is 0 Å². The lowest BCUT2D eigenvalue weighted by Gasteiger charge is -2.25. The lowest BCUT2D eigenvalue weighted by atomic mass is 10.1. The van der Waals surface area contributed by atoms with E-state index in [4.69, 9.17) is 4.74 Å². The quantitative estimate of drug-likeness (QED) is 0.805. The second-order valence-electron chi connectivity index (χ2n) is 7.03. The summed E-state index contributed by atoms with van der Waals surface area (Å²) in [5.41, 5.74) is 0.291. The van der Waals surface area contributed by atoms with E-state index in [9.17, 15) is 18.0 Å². The molecule has 4 rings (SSSR count). The van der Waals surface area contributed by atoms with Gasteiger partial charge < -0.3 is 9.64 Å². The average Bonchev–Trinajstić information content (AvgIpc) is 2.99. The Bertz CT molecular complexity index is 854. The van der Waals surface area contributed by atoms with Gasteiger partial charge in [0.2, 0.25) is 0 Å². The summed E-state index contributed by atoms with van der Waals surface area (Å²) in [5.74, 6) is -0.223. The number of ether oxygens (including phenoxy) is 1. The SMILES string of the molecule is CN1C(=O)c2cc(C(F)(F)F)ccc2O[C@H]2CN(Cc3ccccc3)C[C@H]21. The molecule has 1 saturated heterocycles. The van der Waals surface area contributed by atoms with E-state index in [1.807, 2.05) is 30.3 Å². The number of likely N-dealkylation sites (N-methyl/N-ethyl adjacent to an activating group) is 1. The van der Waals surface area contributed by atoms with Crippen molar-refractivity contribution in [2.45, 2.75) is 24.9 Å². The Morgan fingerprint density at radius 1 is 1.11 bits per heavy atom. The molecule has 0 radical (unpaired) electrons. The van der Waals surface area contributed by atoms with Gasteiger partial charge in [0.05, 0.1) is 17.2 Å². The standard InChI is InChI=1S/C20H19F3N2O2/c1-24-16-11-25(10-13-5-3-2-4-6-13)12-18(16)27-17-8-7-14(20(21,22)23)9-15(17)19(24)26/h2-9,16,18H,10-12H2,1H3/t16-,18+/m1/s1. The van der Waals surface area contributed by atoms with Gasteiger partial charge in [-0.05, 0) is 23.8 Å². The number of rotatable bonds is 2. The molecule has 2 aromatic carbocycles. The molecule has 0 N–H and O–H groups in total.